The van der Waals surface area contributed by atoms with Gasteiger partial charge in [-0.15, -0.1) is 0 Å². The van der Waals surface area contributed by atoms with Crippen LogP contribution in [0.5, 0.6) is 5.75 Å². The van der Waals surface area contributed by atoms with E-state index in [1.165, 1.54) is 18.2 Å². The minimum Gasteiger partial charge on any atom is -0.508 e. The molecule has 1 aromatic rings. The largest absolute Gasteiger partial charge is 0.508 e. The summed E-state index contributed by atoms with van der Waals surface area (Å²) in [6.07, 6.45) is 0.279. The molecule has 6 heteroatoms. The molecule has 16 heavy (non-hydrogen) atoms. The Labute approximate surface area is 96.7 Å². The Morgan fingerprint density at radius 3 is 2.81 bits per heavy atom. The van der Waals surface area contributed by atoms with E-state index in [1.807, 2.05) is 0 Å². The molecule has 0 radical (unpaired) electrons. The fourth-order valence-electron chi connectivity index (χ4n) is 1.24. The first-order chi connectivity index (χ1) is 7.54. The number of hydrogen-bond donors (Lipinski definition) is 3. The van der Waals surface area contributed by atoms with E-state index in [0.29, 0.717) is 17.0 Å². The second-order valence-electron chi connectivity index (χ2n) is 3.15. The molecule has 0 bridgehead atoms. The third-order valence-corrected chi connectivity index (χ3v) is 2.27. The van der Waals surface area contributed by atoms with Crippen LogP contribution in [0.3, 0.4) is 0 Å². The highest BCUT2D eigenvalue weighted by molar-refractivity contribution is 6.30. The number of rotatable bonds is 5. The molecule has 0 aromatic heterocycles. The van der Waals surface area contributed by atoms with E-state index in [0.717, 1.165) is 0 Å². The van der Waals surface area contributed by atoms with Crippen LogP contribution < -0.4 is 5.32 Å². The summed E-state index contributed by atoms with van der Waals surface area (Å²) in [7, 11) is 0. The highest BCUT2D eigenvalue weighted by Gasteiger charge is 2.18. The Bertz CT molecular complexity index is 408. The standard InChI is InChI=1S/C10H10ClNO4/c11-7-1-2-9(14)6(3-7)4-8(10(15)16)12-5-13/h1-3,5,8,14H,4H2,(H,12,13)(H,15,16). The number of benzene rings is 1. The molecule has 1 rings (SSSR count). The van der Waals surface area contributed by atoms with Crippen molar-refractivity contribution >= 4 is 24.0 Å². The Kier molecular flexibility index (Phi) is 4.13. The fraction of sp³-hybridized carbons (Fsp3) is 0.200. The van der Waals surface area contributed by atoms with Crippen molar-refractivity contribution in [3.05, 3.63) is 28.8 Å². The molecule has 0 fully saturated rings. The molecular weight excluding hydrogens is 234 g/mol. The number of halogens is 1. The summed E-state index contributed by atoms with van der Waals surface area (Å²) in [5.74, 6) is -1.23. The zero-order valence-corrected chi connectivity index (χ0v) is 8.94. The molecule has 0 aliphatic carbocycles. The van der Waals surface area contributed by atoms with Crippen LogP contribution in [-0.2, 0) is 16.0 Å². The van der Waals surface area contributed by atoms with Crippen molar-refractivity contribution in [1.82, 2.24) is 5.32 Å². The molecule has 1 unspecified atom stereocenters. The number of nitrogens with one attached hydrogen (secondary N) is 1. The first-order valence-electron chi connectivity index (χ1n) is 4.44. The van der Waals surface area contributed by atoms with Gasteiger partial charge in [-0.1, -0.05) is 11.6 Å². The topological polar surface area (TPSA) is 86.6 Å². The molecule has 1 atom stereocenters. The van der Waals surface area contributed by atoms with Crippen LogP contribution in [0.15, 0.2) is 18.2 Å². The van der Waals surface area contributed by atoms with Crippen molar-refractivity contribution in [1.29, 1.82) is 0 Å². The summed E-state index contributed by atoms with van der Waals surface area (Å²) in [5.41, 5.74) is 0.370. The van der Waals surface area contributed by atoms with E-state index in [2.05, 4.69) is 5.32 Å². The maximum absolute atomic E-state index is 10.8. The normalized spacial score (nSPS) is 11.8. The van der Waals surface area contributed by atoms with E-state index >= 15 is 0 Å². The summed E-state index contributed by atoms with van der Waals surface area (Å²) in [4.78, 5) is 21.0. The number of carboxylic acids is 1. The molecule has 1 aromatic carbocycles. The first kappa shape index (κ1) is 12.3. The van der Waals surface area contributed by atoms with Crippen LogP contribution in [0.4, 0.5) is 0 Å². The molecule has 5 nitrogen and oxygen atoms in total. The molecule has 3 N–H and O–H groups in total. The Morgan fingerprint density at radius 2 is 2.25 bits per heavy atom. The minimum absolute atomic E-state index is 0.0273. The Hall–Kier alpha value is -1.75. The molecule has 0 spiro atoms. The van der Waals surface area contributed by atoms with Crippen LogP contribution >= 0.6 is 11.6 Å². The highest BCUT2D eigenvalue weighted by atomic mass is 35.5. The number of amides is 1. The van der Waals surface area contributed by atoms with E-state index in [1.54, 1.807) is 0 Å². The lowest BCUT2D eigenvalue weighted by Crippen LogP contribution is -2.37. The maximum atomic E-state index is 10.8. The zero-order valence-electron chi connectivity index (χ0n) is 8.18. The van der Waals surface area contributed by atoms with Gasteiger partial charge in [0.2, 0.25) is 6.41 Å². The number of carbonyl (C=O) groups is 2. The quantitative estimate of drug-likeness (QED) is 0.668. The fourth-order valence-corrected chi connectivity index (χ4v) is 1.43. The predicted molar refractivity (Wildman–Crippen MR) is 57.4 cm³/mol. The van der Waals surface area contributed by atoms with Gasteiger partial charge in [0.15, 0.2) is 0 Å². The summed E-state index contributed by atoms with van der Waals surface area (Å²) in [5, 5.41) is 20.8. The molecule has 86 valence electrons. The molecule has 1 amide bonds. The third-order valence-electron chi connectivity index (χ3n) is 2.03. The number of aromatic hydroxyl groups is 1. The van der Waals surface area contributed by atoms with E-state index < -0.39 is 12.0 Å². The van der Waals surface area contributed by atoms with E-state index in [9.17, 15) is 14.7 Å². The predicted octanol–water partition coefficient (Wildman–Crippen LogP) is 0.787. The van der Waals surface area contributed by atoms with Gasteiger partial charge in [-0.3, -0.25) is 4.79 Å². The minimum atomic E-state index is -1.17. The van der Waals surface area contributed by atoms with Gasteiger partial charge in [0.05, 0.1) is 0 Å². The number of carboxylic acid groups (broad SMARTS) is 1. The second-order valence-corrected chi connectivity index (χ2v) is 3.59. The smallest absolute Gasteiger partial charge is 0.326 e. The van der Waals surface area contributed by atoms with Gasteiger partial charge in [0.1, 0.15) is 11.8 Å². The van der Waals surface area contributed by atoms with Crippen molar-refractivity contribution in [3.8, 4) is 5.75 Å². The summed E-state index contributed by atoms with van der Waals surface area (Å²) in [6.45, 7) is 0. The van der Waals surface area contributed by atoms with Crippen LogP contribution in [0.2, 0.25) is 5.02 Å². The SMILES string of the molecule is O=CNC(Cc1cc(Cl)ccc1O)C(=O)O. The number of phenolic OH excluding ortho intramolecular Hbond substituents is 1. The van der Waals surface area contributed by atoms with Crippen LogP contribution in [-0.4, -0.2) is 28.6 Å². The summed E-state index contributed by atoms with van der Waals surface area (Å²) >= 11 is 5.71. The lowest BCUT2D eigenvalue weighted by Gasteiger charge is -2.12. The van der Waals surface area contributed by atoms with E-state index in [-0.39, 0.29) is 12.2 Å². The number of hydrogen-bond acceptors (Lipinski definition) is 3. The summed E-state index contributed by atoms with van der Waals surface area (Å²) in [6, 6.07) is 3.24. The molecule has 0 aliphatic rings. The number of phenols is 1. The van der Waals surface area contributed by atoms with Crippen molar-refractivity contribution in [2.45, 2.75) is 12.5 Å². The van der Waals surface area contributed by atoms with Gasteiger partial charge in [-0.05, 0) is 23.8 Å². The Balaban J connectivity index is 2.88. The van der Waals surface area contributed by atoms with Gasteiger partial charge < -0.3 is 15.5 Å². The average Bonchev–Trinajstić information content (AvgIpc) is 2.22. The third kappa shape index (κ3) is 3.13. The van der Waals surface area contributed by atoms with Crippen molar-refractivity contribution in [2.24, 2.45) is 0 Å². The average molecular weight is 244 g/mol. The molecule has 0 saturated carbocycles. The Morgan fingerprint density at radius 1 is 1.56 bits per heavy atom. The molecule has 0 saturated heterocycles. The van der Waals surface area contributed by atoms with Gasteiger partial charge in [-0.2, -0.15) is 0 Å². The van der Waals surface area contributed by atoms with Gasteiger partial charge >= 0.3 is 5.97 Å². The lowest BCUT2D eigenvalue weighted by atomic mass is 10.1. The van der Waals surface area contributed by atoms with Crippen molar-refractivity contribution in [2.75, 3.05) is 0 Å². The van der Waals surface area contributed by atoms with Crippen molar-refractivity contribution < 1.29 is 19.8 Å². The van der Waals surface area contributed by atoms with Crippen molar-refractivity contribution in [3.63, 3.8) is 0 Å². The van der Waals surface area contributed by atoms with Gasteiger partial charge in [-0.25, -0.2) is 4.79 Å². The molecule has 0 aliphatic heterocycles. The first-order valence-corrected chi connectivity index (χ1v) is 4.82. The number of carbonyl (C=O) groups excluding carboxylic acids is 1. The van der Waals surface area contributed by atoms with E-state index in [4.69, 9.17) is 16.7 Å². The highest BCUT2D eigenvalue weighted by Crippen LogP contribution is 2.22. The second kappa shape index (κ2) is 5.37. The van der Waals surface area contributed by atoms with Gasteiger partial charge in [0.25, 0.3) is 0 Å². The van der Waals surface area contributed by atoms with Crippen LogP contribution in [0, 0.1) is 0 Å². The monoisotopic (exact) mass is 243 g/mol. The van der Waals surface area contributed by atoms with Gasteiger partial charge in [0, 0.05) is 11.4 Å². The summed E-state index contributed by atoms with van der Waals surface area (Å²) < 4.78 is 0. The number of aliphatic carboxylic acids is 1. The molecule has 0 heterocycles. The van der Waals surface area contributed by atoms with Crippen LogP contribution in [0.25, 0.3) is 0 Å². The molecular formula is C10H10ClNO4. The zero-order chi connectivity index (χ0) is 12.1. The lowest BCUT2D eigenvalue weighted by molar-refractivity contribution is -0.140. The van der Waals surface area contributed by atoms with Crippen LogP contribution in [0.1, 0.15) is 5.56 Å². The maximum Gasteiger partial charge on any atom is 0.326 e.